The van der Waals surface area contributed by atoms with Gasteiger partial charge in [-0.1, -0.05) is 73.7 Å². The fourth-order valence-electron chi connectivity index (χ4n) is 7.30. The van der Waals surface area contributed by atoms with Gasteiger partial charge in [-0.25, -0.2) is 4.79 Å². The number of fused-ring (bicyclic) bond motifs is 6. The van der Waals surface area contributed by atoms with Crippen molar-refractivity contribution in [1.82, 2.24) is 4.98 Å². The van der Waals surface area contributed by atoms with Crippen molar-refractivity contribution in [2.75, 3.05) is 13.1 Å². The minimum absolute atomic E-state index is 0.238. The molecule has 1 aromatic heterocycles. The molecule has 0 spiro atoms. The number of piperidine rings is 3. The number of esters is 1. The third kappa shape index (κ3) is 7.23. The van der Waals surface area contributed by atoms with E-state index >= 15 is 0 Å². The first-order valence-corrected chi connectivity index (χ1v) is 17.0. The molecule has 0 amide bonds. The quantitative estimate of drug-likeness (QED) is 0.0896. The summed E-state index contributed by atoms with van der Waals surface area (Å²) in [5, 5.41) is 5.07. The van der Waals surface area contributed by atoms with E-state index in [1.165, 1.54) is 19.4 Å². The number of halogens is 6. The second-order valence-electron chi connectivity index (χ2n) is 12.1. The van der Waals surface area contributed by atoms with Crippen molar-refractivity contribution in [2.45, 2.75) is 38.3 Å². The van der Waals surface area contributed by atoms with Gasteiger partial charge in [0.1, 0.15) is 6.04 Å². The zero-order valence-electron chi connectivity index (χ0n) is 24.5. The zero-order chi connectivity index (χ0) is 32.0. The Morgan fingerprint density at radius 1 is 0.889 bits per heavy atom. The second-order valence-corrected chi connectivity index (χ2v) is 14.0. The van der Waals surface area contributed by atoms with E-state index < -0.39 is 7.81 Å². The van der Waals surface area contributed by atoms with Crippen LogP contribution in [-0.2, 0) is 4.74 Å². The summed E-state index contributed by atoms with van der Waals surface area (Å²) in [5.41, 5.74) is 2.69. The number of ether oxygens (including phenoxy) is 1. The van der Waals surface area contributed by atoms with Crippen LogP contribution in [0.15, 0.2) is 91.1 Å². The third-order valence-corrected chi connectivity index (χ3v) is 9.20. The van der Waals surface area contributed by atoms with Crippen LogP contribution in [0.5, 0.6) is 0 Å². The first-order valence-electron chi connectivity index (χ1n) is 15.0. The summed E-state index contributed by atoms with van der Waals surface area (Å²) in [6.45, 7) is 4.64. The van der Waals surface area contributed by atoms with Crippen molar-refractivity contribution >= 4 is 46.2 Å². The Morgan fingerprint density at radius 3 is 2.04 bits per heavy atom. The summed E-state index contributed by atoms with van der Waals surface area (Å²) < 4.78 is 65.9. The van der Waals surface area contributed by atoms with E-state index in [-0.39, 0.29) is 18.1 Å². The monoisotopic (exact) mass is 646 g/mol. The number of rotatable bonds is 5. The van der Waals surface area contributed by atoms with Crippen molar-refractivity contribution in [3.63, 3.8) is 0 Å². The molecule has 11 heteroatoms. The molecule has 1 N–H and O–H groups in total. The van der Waals surface area contributed by atoms with Crippen LogP contribution < -0.4 is 4.90 Å². The van der Waals surface area contributed by atoms with Crippen molar-refractivity contribution in [3.8, 4) is 0 Å². The normalized spacial score (nSPS) is 23.5. The molecule has 8 rings (SSSR count). The molecular formula is C34H33F6N2O2P. The van der Waals surface area contributed by atoms with E-state index in [1.807, 2.05) is 54.7 Å². The van der Waals surface area contributed by atoms with Gasteiger partial charge in [0.05, 0.1) is 24.2 Å². The summed E-state index contributed by atoms with van der Waals surface area (Å²) in [5.74, 6) is 1.23. The Morgan fingerprint density at radius 2 is 1.47 bits per heavy atom. The second kappa shape index (κ2) is 11.0. The molecule has 3 aliphatic rings. The van der Waals surface area contributed by atoms with E-state index in [0.717, 1.165) is 56.9 Å². The van der Waals surface area contributed by atoms with Crippen LogP contribution in [0.2, 0.25) is 0 Å². The molecule has 45 heavy (non-hydrogen) atoms. The van der Waals surface area contributed by atoms with Gasteiger partial charge >= 0.3 is 39.0 Å². The molecule has 3 unspecified atom stereocenters. The number of carbonyl (C=O) groups excluding carboxylic acids is 1. The molecule has 3 aliphatic heterocycles. The first kappa shape index (κ1) is 31.2. The van der Waals surface area contributed by atoms with E-state index in [4.69, 9.17) is 4.74 Å². The van der Waals surface area contributed by atoms with E-state index in [0.29, 0.717) is 11.5 Å². The number of nitrogens with zero attached hydrogens (tertiary/aromatic N) is 1. The Kier molecular flexibility index (Phi) is 7.60. The van der Waals surface area contributed by atoms with Crippen molar-refractivity contribution < 1.29 is 39.6 Å². The number of hydrogen-bond donors (Lipinski definition) is 1. The van der Waals surface area contributed by atoms with Gasteiger partial charge in [0.15, 0.2) is 6.10 Å². The van der Waals surface area contributed by atoms with Crippen molar-refractivity contribution in [1.29, 1.82) is 0 Å². The predicted octanol–water partition coefficient (Wildman–Crippen LogP) is 9.52. The van der Waals surface area contributed by atoms with Crippen molar-refractivity contribution in [3.05, 3.63) is 102 Å². The fourth-order valence-corrected chi connectivity index (χ4v) is 7.30. The van der Waals surface area contributed by atoms with Crippen LogP contribution >= 0.6 is 7.81 Å². The van der Waals surface area contributed by atoms with Crippen LogP contribution in [0.1, 0.15) is 48.2 Å². The standard InChI is InChI=1S/C34H32N2O2.F6P/c1-2-22-21-36-18-16-23(22)20-31(36)33(29-15-17-35-30-14-8-7-13-28(29)30)38-34(37)32-26-11-5-3-9-24(26)19-25-10-4-6-12-27(25)32;1-7(2,3,4,5)6/h3-15,17,19,22-23,31,33H,2,16,18,20-21H2,1H3;/q;-1/p+1/t22?,23-,31?,33-;/m0./s1. The maximum atomic E-state index is 14.3. The zero-order valence-corrected chi connectivity index (χ0v) is 25.4. The number of carbonyl (C=O) groups is 1. The summed E-state index contributed by atoms with van der Waals surface area (Å²) in [6.07, 6.45) is 5.14. The van der Waals surface area contributed by atoms with Gasteiger partial charge in [0.25, 0.3) is 0 Å². The molecule has 2 bridgehead atoms. The SMILES string of the molecule is CCC1C[NH+]2CC[C@H]1CC2[C@@H](OC(=O)c1c2ccccc2cc2ccccc12)c1ccnc2ccccc12.F[P-](F)(F)(F)(F)F. The molecule has 5 atom stereocenters. The molecule has 3 saturated heterocycles. The number of nitrogens with one attached hydrogen (secondary N) is 1. The molecule has 0 saturated carbocycles. The Balaban J connectivity index is 0.000000460. The average Bonchev–Trinajstić information content (AvgIpc) is 3.00. The number of quaternary nitrogens is 1. The van der Waals surface area contributed by atoms with Gasteiger partial charge in [0, 0.05) is 35.9 Å². The minimum atomic E-state index is -10.7. The molecule has 0 aliphatic carbocycles. The van der Waals surface area contributed by atoms with E-state index in [2.05, 4.69) is 48.3 Å². The molecule has 0 radical (unpaired) electrons. The van der Waals surface area contributed by atoms with Gasteiger partial charge in [-0.15, -0.1) is 0 Å². The Bertz CT molecular complexity index is 1830. The number of hydrogen-bond acceptors (Lipinski definition) is 3. The van der Waals surface area contributed by atoms with Crippen LogP contribution in [0.25, 0.3) is 32.4 Å². The molecular weight excluding hydrogens is 613 g/mol. The van der Waals surface area contributed by atoms with Gasteiger partial charge in [-0.05, 0) is 52.1 Å². The number of pyridine rings is 1. The fraction of sp³-hybridized carbons (Fsp3) is 0.294. The van der Waals surface area contributed by atoms with Crippen LogP contribution in [0.3, 0.4) is 0 Å². The van der Waals surface area contributed by atoms with E-state index in [9.17, 15) is 30.0 Å². The van der Waals surface area contributed by atoms with E-state index in [1.54, 1.807) is 4.90 Å². The first-order chi connectivity index (χ1) is 21.2. The van der Waals surface area contributed by atoms with Gasteiger partial charge in [-0.3, -0.25) is 4.98 Å². The van der Waals surface area contributed by atoms with Crippen LogP contribution in [0, 0.1) is 11.8 Å². The van der Waals surface area contributed by atoms with Gasteiger partial charge < -0.3 is 9.64 Å². The number of para-hydroxylation sites is 1. The molecule has 238 valence electrons. The molecule has 4 aromatic carbocycles. The topological polar surface area (TPSA) is 43.6 Å². The summed E-state index contributed by atoms with van der Waals surface area (Å²) in [6, 6.07) is 29.0. The molecule has 4 heterocycles. The van der Waals surface area contributed by atoms with Gasteiger partial charge in [0.2, 0.25) is 0 Å². The van der Waals surface area contributed by atoms with Crippen molar-refractivity contribution in [2.24, 2.45) is 11.8 Å². The predicted molar refractivity (Wildman–Crippen MR) is 166 cm³/mol. The molecule has 4 nitrogen and oxygen atoms in total. The summed E-state index contributed by atoms with van der Waals surface area (Å²) in [4.78, 5) is 20.5. The number of aromatic nitrogens is 1. The Hall–Kier alpha value is -3.75. The Labute approximate surface area is 256 Å². The third-order valence-electron chi connectivity index (χ3n) is 9.20. The molecule has 3 fully saturated rings. The molecule has 5 aromatic rings. The summed E-state index contributed by atoms with van der Waals surface area (Å²) >= 11 is 0. The van der Waals surface area contributed by atoms with Gasteiger partial charge in [-0.2, -0.15) is 0 Å². The van der Waals surface area contributed by atoms with Crippen LogP contribution in [0.4, 0.5) is 25.2 Å². The number of benzene rings is 4. The summed E-state index contributed by atoms with van der Waals surface area (Å²) in [7, 11) is -10.7. The van der Waals surface area contributed by atoms with Crippen LogP contribution in [-0.4, -0.2) is 30.1 Å². The maximum absolute atomic E-state index is 14.3. The average molecular weight is 647 g/mol.